The summed E-state index contributed by atoms with van der Waals surface area (Å²) < 4.78 is 26.9. The zero-order valence-electron chi connectivity index (χ0n) is 15.0. The molecule has 1 aromatic heterocycles. The van der Waals surface area contributed by atoms with Crippen LogP contribution in [0.5, 0.6) is 0 Å². The average Bonchev–Trinajstić information content (AvgIpc) is 2.68. The number of halogens is 2. The molecule has 3 aromatic rings. The van der Waals surface area contributed by atoms with Crippen LogP contribution in [0.4, 0.5) is 8.78 Å². The Kier molecular flexibility index (Phi) is 4.87. The molecule has 1 N–H and O–H groups in total. The van der Waals surface area contributed by atoms with Gasteiger partial charge in [0.1, 0.15) is 17.5 Å². The number of piperazine rings is 1. The van der Waals surface area contributed by atoms with E-state index >= 15 is 0 Å². The number of carbonyl (C=O) groups excluding carboxylic acids is 1. The van der Waals surface area contributed by atoms with Crippen molar-refractivity contribution in [2.75, 3.05) is 26.2 Å². The Morgan fingerprint density at radius 3 is 2.57 bits per heavy atom. The molecule has 1 aliphatic rings. The van der Waals surface area contributed by atoms with Gasteiger partial charge in [-0.2, -0.15) is 0 Å². The molecule has 1 fully saturated rings. The lowest BCUT2D eigenvalue weighted by Crippen LogP contribution is -2.48. The molecule has 1 amide bonds. The van der Waals surface area contributed by atoms with Crippen LogP contribution in [-0.2, 0) is 6.54 Å². The molecular formula is C20H18F2N4O2. The topological polar surface area (TPSA) is 69.3 Å². The summed E-state index contributed by atoms with van der Waals surface area (Å²) in [5.74, 6) is -1.46. The number of hydrogen-bond acceptors (Lipinski definition) is 4. The summed E-state index contributed by atoms with van der Waals surface area (Å²) in [4.78, 5) is 35.5. The van der Waals surface area contributed by atoms with Gasteiger partial charge in [-0.15, -0.1) is 0 Å². The van der Waals surface area contributed by atoms with Crippen molar-refractivity contribution in [1.29, 1.82) is 0 Å². The molecule has 0 unspecified atom stereocenters. The van der Waals surface area contributed by atoms with Gasteiger partial charge < -0.3 is 9.88 Å². The molecular weight excluding hydrogens is 366 g/mol. The predicted octanol–water partition coefficient (Wildman–Crippen LogP) is 2.16. The van der Waals surface area contributed by atoms with Gasteiger partial charge >= 0.3 is 0 Å². The molecule has 2 heterocycles. The maximum Gasteiger partial charge on any atom is 0.258 e. The van der Waals surface area contributed by atoms with E-state index in [1.807, 2.05) is 6.07 Å². The van der Waals surface area contributed by atoms with Crippen molar-refractivity contribution in [3.8, 4) is 0 Å². The van der Waals surface area contributed by atoms with Crippen molar-refractivity contribution < 1.29 is 13.6 Å². The summed E-state index contributed by atoms with van der Waals surface area (Å²) in [6.07, 6.45) is 0. The lowest BCUT2D eigenvalue weighted by Gasteiger charge is -2.34. The van der Waals surface area contributed by atoms with Crippen LogP contribution in [0.1, 0.15) is 16.2 Å². The highest BCUT2D eigenvalue weighted by atomic mass is 19.1. The van der Waals surface area contributed by atoms with Crippen molar-refractivity contribution >= 4 is 16.8 Å². The predicted molar refractivity (Wildman–Crippen MR) is 99.9 cm³/mol. The summed E-state index contributed by atoms with van der Waals surface area (Å²) in [5.41, 5.74) is 0.332. The number of carbonyl (C=O) groups is 1. The molecule has 0 aliphatic carbocycles. The quantitative estimate of drug-likeness (QED) is 0.751. The van der Waals surface area contributed by atoms with Gasteiger partial charge in [-0.25, -0.2) is 13.8 Å². The van der Waals surface area contributed by atoms with E-state index in [0.717, 1.165) is 6.07 Å². The molecule has 0 bridgehead atoms. The Bertz CT molecular complexity index is 1090. The summed E-state index contributed by atoms with van der Waals surface area (Å²) in [7, 11) is 0. The largest absolute Gasteiger partial charge is 0.336 e. The first-order valence-electron chi connectivity index (χ1n) is 8.96. The normalized spacial score (nSPS) is 15.1. The van der Waals surface area contributed by atoms with E-state index < -0.39 is 17.5 Å². The van der Waals surface area contributed by atoms with E-state index in [-0.39, 0.29) is 11.1 Å². The molecule has 1 aliphatic heterocycles. The van der Waals surface area contributed by atoms with E-state index in [2.05, 4.69) is 14.9 Å². The molecule has 0 atom stereocenters. The molecule has 2 aromatic carbocycles. The number of benzene rings is 2. The zero-order valence-corrected chi connectivity index (χ0v) is 15.0. The molecule has 0 saturated carbocycles. The molecule has 0 spiro atoms. The van der Waals surface area contributed by atoms with E-state index in [1.165, 1.54) is 6.07 Å². The Morgan fingerprint density at radius 2 is 1.82 bits per heavy atom. The number of aromatic amines is 1. The number of rotatable bonds is 3. The number of hydrogen-bond donors (Lipinski definition) is 1. The van der Waals surface area contributed by atoms with Crippen LogP contribution in [0.15, 0.2) is 47.3 Å². The summed E-state index contributed by atoms with van der Waals surface area (Å²) in [6, 6.07) is 10.1. The number of nitrogens with zero attached hydrogens (tertiary/aromatic N) is 3. The molecule has 0 radical (unpaired) electrons. The van der Waals surface area contributed by atoms with Gasteiger partial charge in [0.25, 0.3) is 11.5 Å². The van der Waals surface area contributed by atoms with E-state index in [4.69, 9.17) is 0 Å². The maximum atomic E-state index is 13.8. The highest BCUT2D eigenvalue weighted by Gasteiger charge is 2.24. The zero-order chi connectivity index (χ0) is 19.7. The van der Waals surface area contributed by atoms with Gasteiger partial charge in [-0.05, 0) is 24.3 Å². The summed E-state index contributed by atoms with van der Waals surface area (Å²) in [5, 5.41) is 0.544. The minimum Gasteiger partial charge on any atom is -0.336 e. The fourth-order valence-electron chi connectivity index (χ4n) is 3.36. The fraction of sp³-hybridized carbons (Fsp3) is 0.250. The standard InChI is InChI=1S/C20H18F2N4O2/c21-13-5-6-14(16(22)11-13)20(28)26-9-7-25(8-10-26)12-18-23-17-4-2-1-3-15(17)19(27)24-18/h1-6,11H,7-10,12H2,(H,23,24,27). The van der Waals surface area contributed by atoms with Gasteiger partial charge in [-0.3, -0.25) is 14.5 Å². The number of amides is 1. The van der Waals surface area contributed by atoms with Crippen LogP contribution in [0, 0.1) is 11.6 Å². The first kappa shape index (κ1) is 18.2. The van der Waals surface area contributed by atoms with Gasteiger partial charge in [0, 0.05) is 32.2 Å². The van der Waals surface area contributed by atoms with Crippen molar-refractivity contribution in [1.82, 2.24) is 19.8 Å². The Balaban J connectivity index is 1.42. The number of nitrogens with one attached hydrogen (secondary N) is 1. The van der Waals surface area contributed by atoms with Gasteiger partial charge in [-0.1, -0.05) is 12.1 Å². The third kappa shape index (κ3) is 3.63. The second-order valence-electron chi connectivity index (χ2n) is 6.72. The first-order chi connectivity index (χ1) is 13.5. The lowest BCUT2D eigenvalue weighted by molar-refractivity contribution is 0.0621. The number of fused-ring (bicyclic) bond motifs is 1. The van der Waals surface area contributed by atoms with Crippen LogP contribution in [0.2, 0.25) is 0 Å². The monoisotopic (exact) mass is 384 g/mol. The molecule has 6 nitrogen and oxygen atoms in total. The molecule has 144 valence electrons. The van der Waals surface area contributed by atoms with Crippen LogP contribution in [0.3, 0.4) is 0 Å². The third-order valence-electron chi connectivity index (χ3n) is 4.86. The van der Waals surface area contributed by atoms with E-state index in [0.29, 0.717) is 55.5 Å². The second kappa shape index (κ2) is 7.47. The Morgan fingerprint density at radius 1 is 1.07 bits per heavy atom. The number of aromatic nitrogens is 2. The van der Waals surface area contributed by atoms with Gasteiger partial charge in [0.2, 0.25) is 0 Å². The lowest BCUT2D eigenvalue weighted by atomic mass is 10.1. The first-order valence-corrected chi connectivity index (χ1v) is 8.96. The SMILES string of the molecule is O=C(c1ccc(F)cc1F)N1CCN(Cc2nc3ccccc3c(=O)[nH]2)CC1. The Hall–Kier alpha value is -3.13. The fourth-order valence-corrected chi connectivity index (χ4v) is 3.36. The van der Waals surface area contributed by atoms with Crippen molar-refractivity contribution in [2.24, 2.45) is 0 Å². The summed E-state index contributed by atoms with van der Waals surface area (Å²) in [6.45, 7) is 2.39. The number of para-hydroxylation sites is 1. The van der Waals surface area contributed by atoms with Crippen LogP contribution in [0.25, 0.3) is 10.9 Å². The Labute approximate surface area is 159 Å². The van der Waals surface area contributed by atoms with Crippen molar-refractivity contribution in [3.05, 3.63) is 75.8 Å². The van der Waals surface area contributed by atoms with E-state index in [1.54, 1.807) is 23.1 Å². The van der Waals surface area contributed by atoms with Crippen LogP contribution < -0.4 is 5.56 Å². The maximum absolute atomic E-state index is 13.8. The minimum absolute atomic E-state index is 0.129. The summed E-state index contributed by atoms with van der Waals surface area (Å²) >= 11 is 0. The van der Waals surface area contributed by atoms with Crippen LogP contribution >= 0.6 is 0 Å². The molecule has 4 rings (SSSR count). The molecule has 8 heteroatoms. The highest BCUT2D eigenvalue weighted by Crippen LogP contribution is 2.15. The minimum atomic E-state index is -0.856. The average molecular weight is 384 g/mol. The molecule has 1 saturated heterocycles. The smallest absolute Gasteiger partial charge is 0.258 e. The van der Waals surface area contributed by atoms with E-state index in [9.17, 15) is 18.4 Å². The van der Waals surface area contributed by atoms with Gasteiger partial charge in [0.05, 0.1) is 23.0 Å². The van der Waals surface area contributed by atoms with Crippen molar-refractivity contribution in [3.63, 3.8) is 0 Å². The third-order valence-corrected chi connectivity index (χ3v) is 4.86. The molecule has 28 heavy (non-hydrogen) atoms. The van der Waals surface area contributed by atoms with Crippen LogP contribution in [-0.4, -0.2) is 51.9 Å². The number of H-pyrrole nitrogens is 1. The van der Waals surface area contributed by atoms with Gasteiger partial charge in [0.15, 0.2) is 0 Å². The highest BCUT2D eigenvalue weighted by molar-refractivity contribution is 5.94. The second-order valence-corrected chi connectivity index (χ2v) is 6.72. The van der Waals surface area contributed by atoms with Crippen molar-refractivity contribution in [2.45, 2.75) is 6.54 Å².